The Bertz CT molecular complexity index is 1430. The molecule has 1 aliphatic rings. The van der Waals surface area contributed by atoms with Crippen LogP contribution in [0.3, 0.4) is 0 Å². The average Bonchev–Trinajstić information content (AvgIpc) is 3.19. The van der Waals surface area contributed by atoms with E-state index in [9.17, 15) is 9.59 Å². The number of nitrogens with zero attached hydrogens (tertiary/aromatic N) is 2. The van der Waals surface area contributed by atoms with Crippen molar-refractivity contribution in [2.45, 2.75) is 52.2 Å². The van der Waals surface area contributed by atoms with Crippen molar-refractivity contribution in [2.24, 2.45) is 0 Å². The molecule has 6 heteroatoms. The minimum atomic E-state index is -0.533. The molecule has 0 spiro atoms. The van der Waals surface area contributed by atoms with E-state index in [1.807, 2.05) is 69.4 Å². The molecule has 1 amide bonds. The number of furan rings is 1. The van der Waals surface area contributed by atoms with Gasteiger partial charge in [0.2, 0.25) is 0 Å². The summed E-state index contributed by atoms with van der Waals surface area (Å²) in [7, 11) is 0. The van der Waals surface area contributed by atoms with Crippen LogP contribution < -0.4 is 5.56 Å². The molecular formula is C29H30N2O4. The number of aromatic nitrogens is 1. The van der Waals surface area contributed by atoms with Crippen LogP contribution in [0.4, 0.5) is 4.79 Å². The largest absolute Gasteiger partial charge is 0.461 e. The van der Waals surface area contributed by atoms with Crippen LogP contribution in [-0.2, 0) is 30.5 Å². The summed E-state index contributed by atoms with van der Waals surface area (Å²) in [6.45, 7) is 6.61. The first-order valence-corrected chi connectivity index (χ1v) is 12.0. The van der Waals surface area contributed by atoms with Crippen LogP contribution >= 0.6 is 0 Å². The Morgan fingerprint density at radius 3 is 2.51 bits per heavy atom. The molecule has 1 aliphatic heterocycles. The van der Waals surface area contributed by atoms with Gasteiger partial charge in [-0.3, -0.25) is 9.36 Å². The van der Waals surface area contributed by atoms with Crippen LogP contribution in [0.25, 0.3) is 16.7 Å². The molecule has 0 bridgehead atoms. The third kappa shape index (κ3) is 5.02. The Morgan fingerprint density at radius 1 is 1.00 bits per heavy atom. The van der Waals surface area contributed by atoms with Gasteiger partial charge >= 0.3 is 6.09 Å². The maximum absolute atomic E-state index is 12.9. The van der Waals surface area contributed by atoms with E-state index in [-0.39, 0.29) is 11.7 Å². The predicted octanol–water partition coefficient (Wildman–Crippen LogP) is 5.66. The van der Waals surface area contributed by atoms with Gasteiger partial charge in [0, 0.05) is 42.2 Å². The fourth-order valence-corrected chi connectivity index (χ4v) is 4.53. The zero-order chi connectivity index (χ0) is 24.6. The lowest BCUT2D eigenvalue weighted by atomic mass is 10.0. The summed E-state index contributed by atoms with van der Waals surface area (Å²) in [5, 5.41) is 0.963. The maximum atomic E-state index is 12.9. The van der Waals surface area contributed by atoms with Gasteiger partial charge in [0.05, 0.1) is 12.2 Å². The fourth-order valence-electron chi connectivity index (χ4n) is 4.53. The molecule has 0 fully saturated rings. The lowest BCUT2D eigenvalue weighted by molar-refractivity contribution is 0.0220. The molecule has 2 aromatic carbocycles. The molecule has 0 atom stereocenters. The Kier molecular flexibility index (Phi) is 5.97. The Morgan fingerprint density at radius 2 is 1.77 bits per heavy atom. The van der Waals surface area contributed by atoms with Crippen LogP contribution in [-0.4, -0.2) is 27.7 Å². The number of fused-ring (bicyclic) bond motifs is 3. The number of ether oxygens (including phenoxy) is 1. The van der Waals surface area contributed by atoms with Crippen LogP contribution in [0.2, 0.25) is 0 Å². The monoisotopic (exact) mass is 470 g/mol. The number of carbonyl (C=O) groups is 1. The summed E-state index contributed by atoms with van der Waals surface area (Å²) in [5.41, 5.74) is 4.16. The van der Waals surface area contributed by atoms with E-state index in [4.69, 9.17) is 9.15 Å². The van der Waals surface area contributed by atoms with Gasteiger partial charge in [0.15, 0.2) is 0 Å². The first kappa shape index (κ1) is 23.0. The van der Waals surface area contributed by atoms with E-state index >= 15 is 0 Å². The van der Waals surface area contributed by atoms with E-state index < -0.39 is 5.60 Å². The van der Waals surface area contributed by atoms with E-state index in [0.717, 1.165) is 46.4 Å². The normalized spacial score (nSPS) is 13.6. The SMILES string of the molecule is CC(C)(C)OC(=O)N1CCc2oc3cc(-n4ccc(CCc5ccccc5)cc4=O)ccc3c2C1. The van der Waals surface area contributed by atoms with Crippen LogP contribution in [0.15, 0.2) is 76.1 Å². The summed E-state index contributed by atoms with van der Waals surface area (Å²) in [4.78, 5) is 27.2. The Labute approximate surface area is 204 Å². The van der Waals surface area contributed by atoms with E-state index in [2.05, 4.69) is 12.1 Å². The molecular weight excluding hydrogens is 440 g/mol. The lowest BCUT2D eigenvalue weighted by Crippen LogP contribution is -2.39. The summed E-state index contributed by atoms with van der Waals surface area (Å²) in [6, 6.07) is 19.8. The minimum absolute atomic E-state index is 0.0673. The van der Waals surface area contributed by atoms with Gasteiger partial charge in [0.25, 0.3) is 5.56 Å². The molecule has 3 heterocycles. The molecule has 6 nitrogen and oxygen atoms in total. The third-order valence-electron chi connectivity index (χ3n) is 6.28. The number of aryl methyl sites for hydroxylation is 2. The Balaban J connectivity index is 1.35. The topological polar surface area (TPSA) is 64.7 Å². The lowest BCUT2D eigenvalue weighted by Gasteiger charge is -2.29. The molecule has 180 valence electrons. The quantitative estimate of drug-likeness (QED) is 0.386. The van der Waals surface area contributed by atoms with Gasteiger partial charge in [0.1, 0.15) is 16.9 Å². The zero-order valence-corrected chi connectivity index (χ0v) is 20.4. The van der Waals surface area contributed by atoms with Gasteiger partial charge in [-0.05, 0) is 62.9 Å². The predicted molar refractivity (Wildman–Crippen MR) is 136 cm³/mol. The standard InChI is InChI=1S/C29H30N2O4/c1-29(2,3)35-28(33)30-15-14-25-24(19-30)23-12-11-22(18-26(23)34-25)31-16-13-21(17-27(31)32)10-9-20-7-5-4-6-8-20/h4-8,11-13,16-18H,9-10,14-15,19H2,1-3H3. The number of rotatable bonds is 4. The second-order valence-electron chi connectivity index (χ2n) is 10.1. The average molecular weight is 471 g/mol. The second-order valence-corrected chi connectivity index (χ2v) is 10.1. The first-order chi connectivity index (χ1) is 16.8. The molecule has 0 saturated heterocycles. The number of hydrogen-bond donors (Lipinski definition) is 0. The van der Waals surface area contributed by atoms with Crippen molar-refractivity contribution in [2.75, 3.05) is 6.54 Å². The van der Waals surface area contributed by atoms with Gasteiger partial charge < -0.3 is 14.1 Å². The highest BCUT2D eigenvalue weighted by atomic mass is 16.6. The number of carbonyl (C=O) groups excluding carboxylic acids is 1. The zero-order valence-electron chi connectivity index (χ0n) is 20.4. The molecule has 5 rings (SSSR count). The van der Waals surface area contributed by atoms with Gasteiger partial charge in [-0.1, -0.05) is 30.3 Å². The fraction of sp³-hybridized carbons (Fsp3) is 0.310. The maximum Gasteiger partial charge on any atom is 0.410 e. The molecule has 2 aromatic heterocycles. The molecule has 0 unspecified atom stereocenters. The molecule has 0 aliphatic carbocycles. The first-order valence-electron chi connectivity index (χ1n) is 12.0. The number of pyridine rings is 1. The van der Waals surface area contributed by atoms with Crippen molar-refractivity contribution in [3.63, 3.8) is 0 Å². The highest BCUT2D eigenvalue weighted by molar-refractivity contribution is 5.85. The van der Waals surface area contributed by atoms with E-state index in [0.29, 0.717) is 19.5 Å². The van der Waals surface area contributed by atoms with Crippen LogP contribution in [0.1, 0.15) is 43.2 Å². The highest BCUT2D eigenvalue weighted by Crippen LogP contribution is 2.32. The van der Waals surface area contributed by atoms with Crippen molar-refractivity contribution >= 4 is 17.1 Å². The van der Waals surface area contributed by atoms with Crippen molar-refractivity contribution in [3.05, 3.63) is 99.7 Å². The van der Waals surface area contributed by atoms with E-state index in [1.54, 1.807) is 15.5 Å². The highest BCUT2D eigenvalue weighted by Gasteiger charge is 2.29. The molecule has 35 heavy (non-hydrogen) atoms. The molecule has 0 N–H and O–H groups in total. The Hall–Kier alpha value is -3.80. The van der Waals surface area contributed by atoms with Crippen LogP contribution in [0, 0.1) is 0 Å². The van der Waals surface area contributed by atoms with Gasteiger partial charge in [-0.15, -0.1) is 0 Å². The number of benzene rings is 2. The van der Waals surface area contributed by atoms with Crippen molar-refractivity contribution in [1.29, 1.82) is 0 Å². The summed E-state index contributed by atoms with van der Waals surface area (Å²) in [6.07, 6.45) is 3.87. The summed E-state index contributed by atoms with van der Waals surface area (Å²) >= 11 is 0. The second kappa shape index (κ2) is 9.10. The van der Waals surface area contributed by atoms with E-state index in [1.165, 1.54) is 5.56 Å². The number of amides is 1. The summed E-state index contributed by atoms with van der Waals surface area (Å²) in [5.74, 6) is 0.889. The van der Waals surface area contributed by atoms with Crippen molar-refractivity contribution in [1.82, 2.24) is 9.47 Å². The molecule has 4 aromatic rings. The van der Waals surface area contributed by atoms with Crippen LogP contribution in [0.5, 0.6) is 0 Å². The smallest absolute Gasteiger partial charge is 0.410 e. The molecule has 0 saturated carbocycles. The van der Waals surface area contributed by atoms with Gasteiger partial charge in [-0.25, -0.2) is 4.79 Å². The van der Waals surface area contributed by atoms with Crippen molar-refractivity contribution < 1.29 is 13.9 Å². The number of hydrogen-bond acceptors (Lipinski definition) is 4. The van der Waals surface area contributed by atoms with Gasteiger partial charge in [-0.2, -0.15) is 0 Å². The third-order valence-corrected chi connectivity index (χ3v) is 6.28. The molecule has 0 radical (unpaired) electrons. The summed E-state index contributed by atoms with van der Waals surface area (Å²) < 4.78 is 13.3. The minimum Gasteiger partial charge on any atom is -0.461 e. The van der Waals surface area contributed by atoms with Crippen molar-refractivity contribution in [3.8, 4) is 5.69 Å².